The highest BCUT2D eigenvalue weighted by molar-refractivity contribution is 6.24. The van der Waals surface area contributed by atoms with Crippen LogP contribution in [0.15, 0.2) is 30.3 Å². The molecule has 3 nitrogen and oxygen atoms in total. The standard InChI is InChI=1S/C12H14O3/c13-9-12(14)7-4-8-15-10-11-5-2-1-3-6-11/h1-3,5-6,9H,4,7-8,10H2. The average molecular weight is 206 g/mol. The normalized spacial score (nSPS) is 9.87. The summed E-state index contributed by atoms with van der Waals surface area (Å²) >= 11 is 0. The van der Waals surface area contributed by atoms with Gasteiger partial charge in [-0.25, -0.2) is 0 Å². The zero-order valence-electron chi connectivity index (χ0n) is 8.52. The Bertz CT molecular complexity index is 306. The quantitative estimate of drug-likeness (QED) is 0.388. The second kappa shape index (κ2) is 6.90. The number of aldehydes is 1. The van der Waals surface area contributed by atoms with Crippen molar-refractivity contribution in [3.05, 3.63) is 35.9 Å². The number of hydrogen-bond acceptors (Lipinski definition) is 3. The van der Waals surface area contributed by atoms with Gasteiger partial charge < -0.3 is 4.74 Å². The van der Waals surface area contributed by atoms with E-state index in [9.17, 15) is 9.59 Å². The van der Waals surface area contributed by atoms with Crippen LogP contribution in [-0.4, -0.2) is 18.7 Å². The highest BCUT2D eigenvalue weighted by Gasteiger charge is 1.98. The number of rotatable bonds is 7. The van der Waals surface area contributed by atoms with Crippen LogP contribution in [0.3, 0.4) is 0 Å². The summed E-state index contributed by atoms with van der Waals surface area (Å²) in [6, 6.07) is 9.82. The molecule has 0 radical (unpaired) electrons. The van der Waals surface area contributed by atoms with Crippen LogP contribution in [-0.2, 0) is 20.9 Å². The van der Waals surface area contributed by atoms with E-state index in [0.29, 0.717) is 25.9 Å². The van der Waals surface area contributed by atoms with Crippen LogP contribution >= 0.6 is 0 Å². The molecule has 15 heavy (non-hydrogen) atoms. The van der Waals surface area contributed by atoms with E-state index in [0.717, 1.165) is 5.56 Å². The largest absolute Gasteiger partial charge is 0.377 e. The van der Waals surface area contributed by atoms with Crippen molar-refractivity contribution in [1.82, 2.24) is 0 Å². The zero-order valence-corrected chi connectivity index (χ0v) is 8.52. The third kappa shape index (κ3) is 5.08. The molecule has 0 N–H and O–H groups in total. The highest BCUT2D eigenvalue weighted by atomic mass is 16.5. The van der Waals surface area contributed by atoms with Crippen molar-refractivity contribution in [2.45, 2.75) is 19.4 Å². The van der Waals surface area contributed by atoms with Gasteiger partial charge in [0.2, 0.25) is 0 Å². The molecular weight excluding hydrogens is 192 g/mol. The molecule has 1 aromatic rings. The Labute approximate surface area is 89.1 Å². The maximum atomic E-state index is 10.6. The second-order valence-electron chi connectivity index (χ2n) is 3.23. The summed E-state index contributed by atoms with van der Waals surface area (Å²) in [5, 5.41) is 0. The van der Waals surface area contributed by atoms with Crippen molar-refractivity contribution in [2.75, 3.05) is 6.61 Å². The van der Waals surface area contributed by atoms with Gasteiger partial charge in [-0.05, 0) is 12.0 Å². The molecule has 0 aliphatic rings. The number of carbonyl (C=O) groups excluding carboxylic acids is 2. The van der Waals surface area contributed by atoms with Crippen molar-refractivity contribution in [1.29, 1.82) is 0 Å². The molecule has 80 valence electrons. The third-order valence-corrected chi connectivity index (χ3v) is 1.95. The molecule has 1 aromatic carbocycles. The molecule has 0 saturated carbocycles. The number of benzene rings is 1. The minimum absolute atomic E-state index is 0.276. The number of ether oxygens (including phenoxy) is 1. The average Bonchev–Trinajstić information content (AvgIpc) is 2.29. The van der Waals surface area contributed by atoms with Crippen LogP contribution in [0, 0.1) is 0 Å². The summed E-state index contributed by atoms with van der Waals surface area (Å²) in [6.07, 6.45) is 1.24. The molecule has 0 aliphatic heterocycles. The molecule has 0 unspecified atom stereocenters. The Hall–Kier alpha value is -1.48. The van der Waals surface area contributed by atoms with E-state index in [4.69, 9.17) is 4.74 Å². The Morgan fingerprint density at radius 3 is 2.67 bits per heavy atom. The van der Waals surface area contributed by atoms with E-state index in [1.165, 1.54) is 0 Å². The fourth-order valence-corrected chi connectivity index (χ4v) is 1.17. The molecule has 1 rings (SSSR count). The van der Waals surface area contributed by atoms with Crippen LogP contribution in [0.1, 0.15) is 18.4 Å². The lowest BCUT2D eigenvalue weighted by atomic mass is 10.2. The number of ketones is 1. The van der Waals surface area contributed by atoms with Gasteiger partial charge in [-0.1, -0.05) is 30.3 Å². The Morgan fingerprint density at radius 2 is 2.00 bits per heavy atom. The summed E-state index contributed by atoms with van der Waals surface area (Å²) in [7, 11) is 0. The van der Waals surface area contributed by atoms with Crippen LogP contribution in [0.5, 0.6) is 0 Å². The number of Topliss-reactive ketones (excluding diaryl/α,β-unsaturated/α-hetero) is 1. The molecule has 0 aliphatic carbocycles. The molecule has 0 fully saturated rings. The number of hydrogen-bond donors (Lipinski definition) is 0. The minimum Gasteiger partial charge on any atom is -0.377 e. The summed E-state index contributed by atoms with van der Waals surface area (Å²) < 4.78 is 5.35. The van der Waals surface area contributed by atoms with Gasteiger partial charge in [0.15, 0.2) is 12.1 Å². The van der Waals surface area contributed by atoms with E-state index in [1.54, 1.807) is 0 Å². The highest BCUT2D eigenvalue weighted by Crippen LogP contribution is 2.01. The van der Waals surface area contributed by atoms with Gasteiger partial charge in [0.25, 0.3) is 0 Å². The molecule has 0 saturated heterocycles. The lowest BCUT2D eigenvalue weighted by Gasteiger charge is -2.02. The van der Waals surface area contributed by atoms with Gasteiger partial charge in [-0.3, -0.25) is 9.59 Å². The smallest absolute Gasteiger partial charge is 0.195 e. The van der Waals surface area contributed by atoms with Gasteiger partial charge in [-0.15, -0.1) is 0 Å². The van der Waals surface area contributed by atoms with Gasteiger partial charge in [-0.2, -0.15) is 0 Å². The van der Waals surface area contributed by atoms with Gasteiger partial charge in [0.1, 0.15) is 0 Å². The van der Waals surface area contributed by atoms with Gasteiger partial charge in [0.05, 0.1) is 6.61 Å². The molecule has 0 amide bonds. The van der Waals surface area contributed by atoms with E-state index in [2.05, 4.69) is 0 Å². The van der Waals surface area contributed by atoms with Crippen molar-refractivity contribution < 1.29 is 14.3 Å². The summed E-state index contributed by atoms with van der Waals surface area (Å²) in [4.78, 5) is 20.6. The molecule has 0 bridgehead atoms. The predicted octanol–water partition coefficient (Wildman–Crippen LogP) is 1.75. The predicted molar refractivity (Wildman–Crippen MR) is 56.4 cm³/mol. The van der Waals surface area contributed by atoms with Crippen LogP contribution in [0.2, 0.25) is 0 Å². The Morgan fingerprint density at radius 1 is 1.27 bits per heavy atom. The lowest BCUT2D eigenvalue weighted by Crippen LogP contribution is -2.02. The van der Waals surface area contributed by atoms with Crippen LogP contribution in [0.25, 0.3) is 0 Å². The van der Waals surface area contributed by atoms with Crippen molar-refractivity contribution in [3.8, 4) is 0 Å². The Balaban J connectivity index is 2.07. The lowest BCUT2D eigenvalue weighted by molar-refractivity contribution is -0.130. The third-order valence-electron chi connectivity index (χ3n) is 1.95. The summed E-state index contributed by atoms with van der Waals surface area (Å²) in [5.41, 5.74) is 1.11. The van der Waals surface area contributed by atoms with Crippen molar-refractivity contribution in [3.63, 3.8) is 0 Å². The van der Waals surface area contributed by atoms with E-state index in [-0.39, 0.29) is 12.2 Å². The van der Waals surface area contributed by atoms with Gasteiger partial charge >= 0.3 is 0 Å². The first-order chi connectivity index (χ1) is 7.33. The SMILES string of the molecule is O=CC(=O)CCCOCc1ccccc1. The van der Waals surface area contributed by atoms with Crippen LogP contribution < -0.4 is 0 Å². The summed E-state index contributed by atoms with van der Waals surface area (Å²) in [5.74, 6) is -0.363. The fraction of sp³-hybridized carbons (Fsp3) is 0.333. The van der Waals surface area contributed by atoms with Crippen molar-refractivity contribution in [2.24, 2.45) is 0 Å². The van der Waals surface area contributed by atoms with Crippen molar-refractivity contribution >= 4 is 12.1 Å². The minimum atomic E-state index is -0.363. The maximum Gasteiger partial charge on any atom is 0.195 e. The molecule has 3 heteroatoms. The molecule has 0 heterocycles. The number of carbonyl (C=O) groups is 2. The molecular formula is C12H14O3. The summed E-state index contributed by atoms with van der Waals surface area (Å²) in [6.45, 7) is 1.06. The first kappa shape index (κ1) is 11.6. The van der Waals surface area contributed by atoms with Gasteiger partial charge in [0, 0.05) is 13.0 Å². The first-order valence-electron chi connectivity index (χ1n) is 4.92. The van der Waals surface area contributed by atoms with E-state index >= 15 is 0 Å². The maximum absolute atomic E-state index is 10.6. The van der Waals surface area contributed by atoms with E-state index < -0.39 is 0 Å². The molecule has 0 atom stereocenters. The zero-order chi connectivity index (χ0) is 10.9. The molecule has 0 aromatic heterocycles. The topological polar surface area (TPSA) is 43.4 Å². The first-order valence-corrected chi connectivity index (χ1v) is 4.92. The molecule has 0 spiro atoms. The Kier molecular flexibility index (Phi) is 5.33. The monoisotopic (exact) mass is 206 g/mol. The van der Waals surface area contributed by atoms with E-state index in [1.807, 2.05) is 30.3 Å². The second-order valence-corrected chi connectivity index (χ2v) is 3.23. The van der Waals surface area contributed by atoms with Crippen LogP contribution in [0.4, 0.5) is 0 Å². The fourth-order valence-electron chi connectivity index (χ4n) is 1.17.